The number of rotatable bonds is 11. The summed E-state index contributed by atoms with van der Waals surface area (Å²) in [5.74, 6) is 0.641. The Morgan fingerprint density at radius 3 is 2.20 bits per heavy atom. The van der Waals surface area contributed by atoms with Gasteiger partial charge in [0.1, 0.15) is 24.2 Å². The van der Waals surface area contributed by atoms with Gasteiger partial charge in [0.2, 0.25) is 5.79 Å². The molecule has 0 amide bonds. The van der Waals surface area contributed by atoms with Crippen LogP contribution in [-0.2, 0) is 21.8 Å². The number of aromatic nitrogens is 3. The summed E-state index contributed by atoms with van der Waals surface area (Å²) < 4.78 is 29.1. The first kappa shape index (κ1) is 30.0. The maximum atomic E-state index is 6.59. The number of hydrogen-bond acceptors (Lipinski definition) is 7. The second-order valence-electron chi connectivity index (χ2n) is 11.9. The molecule has 0 spiro atoms. The van der Waals surface area contributed by atoms with E-state index in [9.17, 15) is 0 Å². The zero-order valence-electron chi connectivity index (χ0n) is 26.5. The zero-order valence-corrected chi connectivity index (χ0v) is 26.5. The second kappa shape index (κ2) is 13.3. The van der Waals surface area contributed by atoms with Gasteiger partial charge in [-0.2, -0.15) is 0 Å². The van der Waals surface area contributed by atoms with Crippen LogP contribution in [-0.4, -0.2) is 66.2 Å². The van der Waals surface area contributed by atoms with Gasteiger partial charge in [-0.15, -0.1) is 0 Å². The average molecular weight is 620 g/mol. The molecule has 46 heavy (non-hydrogen) atoms. The van der Waals surface area contributed by atoms with E-state index in [1.165, 1.54) is 22.6 Å². The van der Waals surface area contributed by atoms with E-state index >= 15 is 0 Å². The normalized spacial score (nSPS) is 19.8. The van der Waals surface area contributed by atoms with Crippen LogP contribution in [0.15, 0.2) is 110 Å². The summed E-state index contributed by atoms with van der Waals surface area (Å²) >= 11 is 0. The third kappa shape index (κ3) is 6.61. The molecule has 2 atom stereocenters. The Labute approximate surface area is 270 Å². The minimum absolute atomic E-state index is 0.228. The van der Waals surface area contributed by atoms with Crippen LogP contribution < -0.4 is 19.3 Å². The minimum Gasteiger partial charge on any atom is -0.494 e. The van der Waals surface area contributed by atoms with Gasteiger partial charge in [0.25, 0.3) is 0 Å². The van der Waals surface area contributed by atoms with Crippen molar-refractivity contribution in [1.82, 2.24) is 14.1 Å². The van der Waals surface area contributed by atoms with Crippen molar-refractivity contribution in [2.75, 3.05) is 55.8 Å². The summed E-state index contributed by atoms with van der Waals surface area (Å²) in [6.45, 7) is 9.86. The van der Waals surface area contributed by atoms with Gasteiger partial charge in [-0.1, -0.05) is 12.1 Å². The van der Waals surface area contributed by atoms with Gasteiger partial charge in [0, 0.05) is 73.6 Å². The summed E-state index contributed by atoms with van der Waals surface area (Å²) in [7, 11) is 0. The lowest BCUT2D eigenvalue weighted by Crippen LogP contribution is -2.46. The lowest BCUT2D eigenvalue weighted by molar-refractivity contribution is -0.189. The molecule has 9 heteroatoms. The summed E-state index contributed by atoms with van der Waals surface area (Å²) in [4.78, 5) is 9.10. The molecule has 4 heterocycles. The largest absolute Gasteiger partial charge is 0.494 e. The van der Waals surface area contributed by atoms with Gasteiger partial charge >= 0.3 is 0 Å². The van der Waals surface area contributed by atoms with Gasteiger partial charge in [-0.25, -0.2) is 4.98 Å². The Kier molecular flexibility index (Phi) is 8.68. The van der Waals surface area contributed by atoms with Crippen LogP contribution in [0.25, 0.3) is 5.69 Å². The van der Waals surface area contributed by atoms with Crippen molar-refractivity contribution in [3.63, 3.8) is 0 Å². The Bertz CT molecular complexity index is 1690. The van der Waals surface area contributed by atoms with Crippen molar-refractivity contribution in [2.24, 2.45) is 0 Å². The minimum atomic E-state index is -0.961. The number of hydrogen-bond donors (Lipinski definition) is 0. The van der Waals surface area contributed by atoms with Gasteiger partial charge in [-0.3, -0.25) is 0 Å². The van der Waals surface area contributed by atoms with E-state index in [2.05, 4.69) is 81.1 Å². The molecule has 0 saturated carbocycles. The lowest BCUT2D eigenvalue weighted by atomic mass is 10.1. The highest BCUT2D eigenvalue weighted by Crippen LogP contribution is 2.38. The molecule has 238 valence electrons. The van der Waals surface area contributed by atoms with Crippen LogP contribution in [0.3, 0.4) is 0 Å². The number of nitrogens with zero attached hydrogens (tertiary/aromatic N) is 5. The number of piperazine rings is 1. The first-order valence-corrected chi connectivity index (χ1v) is 16.1. The number of anilines is 2. The predicted octanol–water partition coefficient (Wildman–Crippen LogP) is 6.05. The van der Waals surface area contributed by atoms with E-state index in [1.54, 1.807) is 12.5 Å². The van der Waals surface area contributed by atoms with E-state index < -0.39 is 5.79 Å². The molecule has 3 aromatic carbocycles. The fraction of sp³-hybridized carbons (Fsp3) is 0.324. The maximum Gasteiger partial charge on any atom is 0.214 e. The van der Waals surface area contributed by atoms with Crippen molar-refractivity contribution >= 4 is 11.4 Å². The molecular formula is C37H41N5O4. The maximum absolute atomic E-state index is 6.59. The number of benzene rings is 3. The molecule has 2 unspecified atom stereocenters. The zero-order chi connectivity index (χ0) is 31.3. The molecule has 0 radical (unpaired) electrons. The van der Waals surface area contributed by atoms with E-state index in [4.69, 9.17) is 18.9 Å². The molecule has 0 aliphatic carbocycles. The van der Waals surface area contributed by atoms with Gasteiger partial charge in [-0.05, 0) is 86.1 Å². The van der Waals surface area contributed by atoms with Crippen molar-refractivity contribution in [3.8, 4) is 17.2 Å². The summed E-state index contributed by atoms with van der Waals surface area (Å²) in [5.41, 5.74) is 5.83. The van der Waals surface area contributed by atoms with E-state index in [0.717, 1.165) is 43.2 Å². The number of aryl methyl sites for hydroxylation is 1. The molecule has 0 N–H and O–H groups in total. The van der Waals surface area contributed by atoms with Crippen LogP contribution in [0.5, 0.6) is 11.5 Å². The number of ether oxygens (including phenoxy) is 4. The molecule has 2 aliphatic rings. The van der Waals surface area contributed by atoms with Crippen LogP contribution in [0, 0.1) is 6.92 Å². The fourth-order valence-electron chi connectivity index (χ4n) is 6.25. The van der Waals surface area contributed by atoms with Crippen molar-refractivity contribution in [3.05, 3.63) is 121 Å². The Morgan fingerprint density at radius 1 is 0.826 bits per heavy atom. The average Bonchev–Trinajstić information content (AvgIpc) is 3.87. The molecule has 9 nitrogen and oxygen atoms in total. The summed E-state index contributed by atoms with van der Waals surface area (Å²) in [6, 6.07) is 27.3. The fourth-order valence-corrected chi connectivity index (χ4v) is 6.25. The van der Waals surface area contributed by atoms with Gasteiger partial charge in [0.15, 0.2) is 0 Å². The van der Waals surface area contributed by atoms with E-state index in [-0.39, 0.29) is 6.10 Å². The molecule has 7 rings (SSSR count). The molecular weight excluding hydrogens is 578 g/mol. The molecule has 5 aromatic rings. The van der Waals surface area contributed by atoms with E-state index in [1.807, 2.05) is 54.1 Å². The van der Waals surface area contributed by atoms with Crippen LogP contribution in [0.2, 0.25) is 0 Å². The third-order valence-electron chi connectivity index (χ3n) is 8.67. The highest BCUT2D eigenvalue weighted by molar-refractivity contribution is 5.55. The molecule has 2 fully saturated rings. The van der Waals surface area contributed by atoms with Crippen molar-refractivity contribution in [1.29, 1.82) is 0 Å². The Hall–Kier alpha value is -4.73. The molecule has 2 aromatic heterocycles. The molecule has 0 bridgehead atoms. The Balaban J connectivity index is 0.930. The topological polar surface area (TPSA) is 66.2 Å². The van der Waals surface area contributed by atoms with Crippen LogP contribution in [0.1, 0.15) is 18.1 Å². The third-order valence-corrected chi connectivity index (χ3v) is 8.67. The lowest BCUT2D eigenvalue weighted by Gasteiger charge is -2.37. The first-order valence-electron chi connectivity index (χ1n) is 16.1. The smallest absolute Gasteiger partial charge is 0.214 e. The quantitative estimate of drug-likeness (QED) is 0.178. The SMILES string of the molecule is CCOc1cccc(C2(Cn3ccnc3)OCC(COc3ccc(N4CCN(c5ccc(-n6ccc(C)c6)cc5)CC4)cc3)O2)c1. The van der Waals surface area contributed by atoms with Crippen LogP contribution in [0.4, 0.5) is 11.4 Å². The highest BCUT2D eigenvalue weighted by Gasteiger charge is 2.44. The molecule has 2 saturated heterocycles. The highest BCUT2D eigenvalue weighted by atomic mass is 16.8. The van der Waals surface area contributed by atoms with Crippen LogP contribution >= 0.6 is 0 Å². The van der Waals surface area contributed by atoms with E-state index in [0.29, 0.717) is 26.4 Å². The van der Waals surface area contributed by atoms with Crippen molar-refractivity contribution in [2.45, 2.75) is 32.3 Å². The number of imidazole rings is 1. The standard InChI is InChI=1S/C37H41N5O4/c1-3-43-35-6-4-5-30(23-35)37(27-39-18-16-38-28-39)45-26-36(46-37)25-44-34-13-11-32(12-14-34)41-21-19-40(20-22-41)31-7-9-33(10-8-31)42-17-15-29(2)24-42/h4-18,23-24,28,36H,3,19-22,25-27H2,1-2H3. The second-order valence-corrected chi connectivity index (χ2v) is 11.9. The summed E-state index contributed by atoms with van der Waals surface area (Å²) in [6.07, 6.45) is 9.48. The first-order chi connectivity index (χ1) is 22.6. The predicted molar refractivity (Wildman–Crippen MR) is 179 cm³/mol. The Morgan fingerprint density at radius 2 is 1.54 bits per heavy atom. The monoisotopic (exact) mass is 619 g/mol. The van der Waals surface area contributed by atoms with Gasteiger partial charge < -0.3 is 37.9 Å². The van der Waals surface area contributed by atoms with Gasteiger partial charge in [0.05, 0.1) is 26.1 Å². The molecule has 2 aliphatic heterocycles. The van der Waals surface area contributed by atoms with Crippen molar-refractivity contribution < 1.29 is 18.9 Å². The summed E-state index contributed by atoms with van der Waals surface area (Å²) in [5, 5.41) is 0.